The highest BCUT2D eigenvalue weighted by atomic mass is 16.5. The van der Waals surface area contributed by atoms with Gasteiger partial charge in [-0.25, -0.2) is 9.78 Å². The maximum Gasteiger partial charge on any atom is 0.338 e. The molecule has 1 unspecified atom stereocenters. The third kappa shape index (κ3) is 6.15. The molecule has 0 saturated heterocycles. The molecule has 0 bridgehead atoms. The van der Waals surface area contributed by atoms with Crippen molar-refractivity contribution >= 4 is 12.7 Å². The maximum absolute atomic E-state index is 12.8. The number of aromatic nitrogens is 2. The Balaban J connectivity index is 1.58. The number of hydrogen-bond donors (Lipinski definition) is 1. The highest BCUT2D eigenvalue weighted by Crippen LogP contribution is 2.28. The van der Waals surface area contributed by atoms with E-state index in [1.165, 1.54) is 5.56 Å². The van der Waals surface area contributed by atoms with Gasteiger partial charge in [0.25, 0.3) is 0 Å². The van der Waals surface area contributed by atoms with Crippen molar-refractivity contribution in [2.75, 3.05) is 6.61 Å². The molecule has 6 heteroatoms. The predicted molar refractivity (Wildman–Crippen MR) is 132 cm³/mol. The van der Waals surface area contributed by atoms with Gasteiger partial charge in [-0.05, 0) is 35.3 Å². The summed E-state index contributed by atoms with van der Waals surface area (Å²) in [5.74, 6) is 0.0751. The van der Waals surface area contributed by atoms with Crippen molar-refractivity contribution in [2.45, 2.75) is 65.7 Å². The Morgan fingerprint density at radius 1 is 1.31 bits per heavy atom. The third-order valence-corrected chi connectivity index (χ3v) is 6.46. The first-order valence-electron chi connectivity index (χ1n) is 11.5. The molecule has 32 heavy (non-hydrogen) atoms. The summed E-state index contributed by atoms with van der Waals surface area (Å²) in [6.07, 6.45) is 8.86. The molecule has 2 aromatic rings. The minimum absolute atomic E-state index is 0.0263. The molecule has 1 aliphatic heterocycles. The quantitative estimate of drug-likeness (QED) is 0.347. The van der Waals surface area contributed by atoms with E-state index in [0.29, 0.717) is 31.2 Å². The highest BCUT2D eigenvalue weighted by Gasteiger charge is 2.31. The van der Waals surface area contributed by atoms with E-state index in [9.17, 15) is 4.79 Å². The molecule has 1 aromatic heterocycles. The summed E-state index contributed by atoms with van der Waals surface area (Å²) >= 11 is 0. The van der Waals surface area contributed by atoms with E-state index >= 15 is 0 Å². The number of nitrogens with one attached hydrogen (secondary N) is 1. The van der Waals surface area contributed by atoms with Crippen LogP contribution in [0.4, 0.5) is 0 Å². The lowest BCUT2D eigenvalue weighted by Crippen LogP contribution is -2.47. The van der Waals surface area contributed by atoms with Crippen molar-refractivity contribution in [1.29, 1.82) is 0 Å². The number of aryl methyl sites for hydroxylation is 1. The molecule has 170 valence electrons. The molecule has 0 spiro atoms. The summed E-state index contributed by atoms with van der Waals surface area (Å²) < 4.78 is 7.67. The first kappa shape index (κ1) is 23.9. The van der Waals surface area contributed by atoms with Crippen LogP contribution < -0.4 is 5.32 Å². The molecule has 0 aliphatic carbocycles. The number of esters is 1. The molecule has 0 radical (unpaired) electrons. The normalized spacial score (nSPS) is 15.8. The largest absolute Gasteiger partial charge is 0.462 e. The lowest BCUT2D eigenvalue weighted by atomic mass is 9.39. The number of rotatable bonds is 9. The van der Waals surface area contributed by atoms with Crippen LogP contribution in [0.1, 0.15) is 55.1 Å². The van der Waals surface area contributed by atoms with Crippen LogP contribution in [0.3, 0.4) is 0 Å². The Morgan fingerprint density at radius 2 is 2.09 bits per heavy atom. The second kappa shape index (κ2) is 10.2. The van der Waals surface area contributed by atoms with E-state index < -0.39 is 0 Å². The fraction of sp³-hybridized carbons (Fsp3) is 0.462. The Labute approximate surface area is 193 Å². The molecule has 1 aliphatic rings. The second-order valence-corrected chi connectivity index (χ2v) is 9.97. The van der Waals surface area contributed by atoms with Crippen LogP contribution in [-0.4, -0.2) is 34.8 Å². The number of fused-ring (bicyclic) bond motifs is 1. The third-order valence-electron chi connectivity index (χ3n) is 6.46. The smallest absolute Gasteiger partial charge is 0.338 e. The van der Waals surface area contributed by atoms with Gasteiger partial charge in [0, 0.05) is 43.4 Å². The number of benzene rings is 1. The molecule has 0 amide bonds. The fourth-order valence-electron chi connectivity index (χ4n) is 4.09. The number of carbonyl (C=O) groups is 1. The van der Waals surface area contributed by atoms with Gasteiger partial charge in [-0.3, -0.25) is 0 Å². The first-order valence-corrected chi connectivity index (χ1v) is 11.5. The van der Waals surface area contributed by atoms with Gasteiger partial charge in [0.05, 0.1) is 18.5 Å². The van der Waals surface area contributed by atoms with Gasteiger partial charge < -0.3 is 14.6 Å². The van der Waals surface area contributed by atoms with Crippen molar-refractivity contribution in [1.82, 2.24) is 14.9 Å². The van der Waals surface area contributed by atoms with Gasteiger partial charge in [-0.2, -0.15) is 0 Å². The molecule has 0 saturated carbocycles. The zero-order chi connectivity index (χ0) is 23.3. The average Bonchev–Trinajstić information content (AvgIpc) is 3.25. The SMILES string of the molecule is C=C(CCn1ccnc1)NC1Cc2cccc(C(=O)OCCC(=C)C(C)(C)C)c2CB1C. The Morgan fingerprint density at radius 3 is 2.78 bits per heavy atom. The van der Waals surface area contributed by atoms with Crippen molar-refractivity contribution in [2.24, 2.45) is 5.41 Å². The van der Waals surface area contributed by atoms with E-state index in [4.69, 9.17) is 4.74 Å². The van der Waals surface area contributed by atoms with Gasteiger partial charge in [-0.1, -0.05) is 58.5 Å². The molecular weight excluding hydrogens is 397 g/mol. The second-order valence-electron chi connectivity index (χ2n) is 9.97. The molecule has 1 N–H and O–H groups in total. The van der Waals surface area contributed by atoms with Crippen LogP contribution in [0, 0.1) is 5.41 Å². The summed E-state index contributed by atoms with van der Waals surface area (Å²) in [5.41, 5.74) is 5.20. The first-order chi connectivity index (χ1) is 15.1. The van der Waals surface area contributed by atoms with Crippen LogP contribution in [0.2, 0.25) is 6.82 Å². The number of carbonyl (C=O) groups excluding carboxylic acids is 1. The lowest BCUT2D eigenvalue weighted by Gasteiger charge is -2.32. The van der Waals surface area contributed by atoms with Crippen molar-refractivity contribution in [3.05, 3.63) is 78.0 Å². The summed E-state index contributed by atoms with van der Waals surface area (Å²) in [6, 6.07) is 5.98. The number of nitrogens with zero attached hydrogens (tertiary/aromatic N) is 2. The summed E-state index contributed by atoms with van der Waals surface area (Å²) in [6.45, 7) is 18.6. The van der Waals surface area contributed by atoms with Gasteiger partial charge in [0.2, 0.25) is 0 Å². The molecule has 2 heterocycles. The molecule has 1 aromatic carbocycles. The van der Waals surface area contributed by atoms with Crippen LogP contribution in [0.5, 0.6) is 0 Å². The summed E-state index contributed by atoms with van der Waals surface area (Å²) in [7, 11) is 0. The summed E-state index contributed by atoms with van der Waals surface area (Å²) in [4.78, 5) is 16.9. The van der Waals surface area contributed by atoms with Gasteiger partial charge in [-0.15, -0.1) is 0 Å². The molecule has 0 fully saturated rings. The predicted octanol–water partition coefficient (Wildman–Crippen LogP) is 4.90. The Bertz CT molecular complexity index is 960. The molecule has 5 nitrogen and oxygen atoms in total. The standard InChI is InChI=1S/C26H36BN3O2/c1-19(26(3,4)5)11-15-32-25(31)22-9-7-8-21-16-24(27(6)17-23(21)22)29-20(2)10-13-30-14-12-28-18-30/h7-9,12,14,18,24,29H,1-2,10-11,13,15-17H2,3-6H3. The highest BCUT2D eigenvalue weighted by molar-refractivity contribution is 6.59. The number of hydrogen-bond acceptors (Lipinski definition) is 4. The van der Waals surface area contributed by atoms with Gasteiger partial charge >= 0.3 is 5.97 Å². The van der Waals surface area contributed by atoms with E-state index in [1.54, 1.807) is 6.20 Å². The monoisotopic (exact) mass is 433 g/mol. The van der Waals surface area contributed by atoms with Crippen LogP contribution >= 0.6 is 0 Å². The molecular formula is C26H36BN3O2. The van der Waals surface area contributed by atoms with E-state index in [2.05, 4.69) is 61.7 Å². The topological polar surface area (TPSA) is 56.2 Å². The molecule has 1 atom stereocenters. The van der Waals surface area contributed by atoms with Crippen LogP contribution in [0.25, 0.3) is 0 Å². The summed E-state index contributed by atoms with van der Waals surface area (Å²) in [5, 5.41) is 3.63. The Hall–Kier alpha value is -2.76. The zero-order valence-electron chi connectivity index (χ0n) is 20.0. The molecule has 3 rings (SSSR count). The van der Waals surface area contributed by atoms with E-state index in [-0.39, 0.29) is 11.4 Å². The van der Waals surface area contributed by atoms with Gasteiger partial charge in [0.1, 0.15) is 0 Å². The number of imidazole rings is 1. The lowest BCUT2D eigenvalue weighted by molar-refractivity contribution is 0.0504. The maximum atomic E-state index is 12.8. The number of ether oxygens (including phenoxy) is 1. The van der Waals surface area contributed by atoms with Crippen LogP contribution in [-0.2, 0) is 24.0 Å². The zero-order valence-corrected chi connectivity index (χ0v) is 20.0. The minimum Gasteiger partial charge on any atom is -0.462 e. The van der Waals surface area contributed by atoms with Crippen molar-refractivity contribution < 1.29 is 9.53 Å². The Kier molecular flexibility index (Phi) is 7.65. The van der Waals surface area contributed by atoms with E-state index in [1.807, 2.05) is 24.7 Å². The van der Waals surface area contributed by atoms with Gasteiger partial charge in [0.15, 0.2) is 6.71 Å². The average molecular weight is 433 g/mol. The van der Waals surface area contributed by atoms with E-state index in [0.717, 1.165) is 42.5 Å². The van der Waals surface area contributed by atoms with Crippen molar-refractivity contribution in [3.8, 4) is 0 Å². The van der Waals surface area contributed by atoms with Crippen molar-refractivity contribution in [3.63, 3.8) is 0 Å². The fourth-order valence-corrected chi connectivity index (χ4v) is 4.09. The number of allylic oxidation sites excluding steroid dienone is 1. The minimum atomic E-state index is -0.230. The van der Waals surface area contributed by atoms with Crippen LogP contribution in [0.15, 0.2) is 61.3 Å².